The number of carbonyl (C=O) groups is 1. The van der Waals surface area contributed by atoms with E-state index in [1.807, 2.05) is 6.08 Å². The molecule has 0 aliphatic carbocycles. The van der Waals surface area contributed by atoms with Crippen molar-refractivity contribution < 1.29 is 89.4 Å². The van der Waals surface area contributed by atoms with Crippen molar-refractivity contribution >= 4 is 5.91 Å². The number of hydrogen-bond donors (Lipinski definition) is 12. The summed E-state index contributed by atoms with van der Waals surface area (Å²) in [6.07, 6.45) is 49.7. The van der Waals surface area contributed by atoms with Crippen LogP contribution in [0.25, 0.3) is 0 Å². The predicted octanol–water partition coefficient (Wildman–Crippen LogP) is 8.54. The van der Waals surface area contributed by atoms with Crippen LogP contribution in [0.5, 0.6) is 0 Å². The van der Waals surface area contributed by atoms with Crippen molar-refractivity contribution in [1.82, 2.24) is 5.32 Å². The van der Waals surface area contributed by atoms with Crippen molar-refractivity contribution in [3.05, 3.63) is 158 Å². The molecular formula is C73H115NO18. The lowest BCUT2D eigenvalue weighted by Crippen LogP contribution is -2.66. The maximum atomic E-state index is 13.3. The smallest absolute Gasteiger partial charge is 0.220 e. The Labute approximate surface area is 548 Å². The Morgan fingerprint density at radius 3 is 1.20 bits per heavy atom. The predicted molar refractivity (Wildman–Crippen MR) is 359 cm³/mol. The molecule has 0 aromatic carbocycles. The molecule has 0 saturated carbocycles. The first-order chi connectivity index (χ1) is 44.8. The Kier molecular flexibility index (Phi) is 46.7. The molecule has 17 atom stereocenters. The molecule has 3 fully saturated rings. The second-order valence-corrected chi connectivity index (χ2v) is 23.2. The number of rotatable bonds is 48. The lowest BCUT2D eigenvalue weighted by atomic mass is 9.96. The minimum Gasteiger partial charge on any atom is -0.394 e. The lowest BCUT2D eigenvalue weighted by Gasteiger charge is -2.48. The fourth-order valence-electron chi connectivity index (χ4n) is 10.1. The van der Waals surface area contributed by atoms with Crippen molar-refractivity contribution in [2.45, 2.75) is 266 Å². The largest absolute Gasteiger partial charge is 0.394 e. The molecule has 520 valence electrons. The average molecular weight is 1290 g/mol. The van der Waals surface area contributed by atoms with Crippen LogP contribution in [0, 0.1) is 0 Å². The van der Waals surface area contributed by atoms with Crippen LogP contribution in [0.4, 0.5) is 0 Å². The van der Waals surface area contributed by atoms with E-state index < -0.39 is 131 Å². The number of unbranched alkanes of at least 4 members (excludes halogenated alkanes) is 8. The van der Waals surface area contributed by atoms with Crippen LogP contribution < -0.4 is 5.32 Å². The van der Waals surface area contributed by atoms with Gasteiger partial charge in [-0.2, -0.15) is 0 Å². The van der Waals surface area contributed by atoms with Crippen LogP contribution in [0.1, 0.15) is 162 Å². The molecule has 0 radical (unpaired) electrons. The summed E-state index contributed by atoms with van der Waals surface area (Å²) in [4.78, 5) is 13.3. The first kappa shape index (κ1) is 81.6. The topological polar surface area (TPSA) is 307 Å². The second-order valence-electron chi connectivity index (χ2n) is 23.2. The van der Waals surface area contributed by atoms with Crippen LogP contribution in [0.3, 0.4) is 0 Å². The fourth-order valence-corrected chi connectivity index (χ4v) is 10.1. The van der Waals surface area contributed by atoms with Gasteiger partial charge in [0.15, 0.2) is 18.9 Å². The van der Waals surface area contributed by atoms with Gasteiger partial charge < -0.3 is 89.9 Å². The van der Waals surface area contributed by atoms with E-state index in [0.717, 1.165) is 109 Å². The molecule has 0 bridgehead atoms. The van der Waals surface area contributed by atoms with Gasteiger partial charge in [0, 0.05) is 6.42 Å². The third-order valence-electron chi connectivity index (χ3n) is 15.6. The molecule has 19 nitrogen and oxygen atoms in total. The van der Waals surface area contributed by atoms with Crippen molar-refractivity contribution in [3.8, 4) is 0 Å². The molecule has 19 heteroatoms. The van der Waals surface area contributed by atoms with Crippen molar-refractivity contribution in [2.24, 2.45) is 0 Å². The summed E-state index contributed by atoms with van der Waals surface area (Å²) in [5, 5.41) is 120. The SMILES string of the molecule is CC/C=C\C/C=C\C/C=C\C/C=C\C/C=C\C/C=C\C/C=C\C/C=C\C/C=C\C/C=C\C/C=C\CCCCCC(=O)NC(COC1OC(CO)C(OC2OC(CO)C(OC3OC(CO)C(O)C(O)C3O)C(O)C2O)C(O)C1O)C(O)/C=C/CC/C=C/CCCCCC. The summed E-state index contributed by atoms with van der Waals surface area (Å²) in [6, 6.07) is -1.02. The van der Waals surface area contributed by atoms with Gasteiger partial charge in [-0.3, -0.25) is 4.79 Å². The molecular weight excluding hydrogens is 1180 g/mol. The average Bonchev–Trinajstić information content (AvgIpc) is 0.799. The van der Waals surface area contributed by atoms with Crippen LogP contribution in [0.2, 0.25) is 0 Å². The minimum absolute atomic E-state index is 0.183. The van der Waals surface area contributed by atoms with Gasteiger partial charge in [-0.05, 0) is 116 Å². The van der Waals surface area contributed by atoms with Crippen molar-refractivity contribution in [3.63, 3.8) is 0 Å². The number of allylic oxidation sites excluding steroid dienone is 25. The Balaban J connectivity index is 1.38. The van der Waals surface area contributed by atoms with Gasteiger partial charge in [0.2, 0.25) is 5.91 Å². The molecule has 3 rings (SSSR count). The van der Waals surface area contributed by atoms with Gasteiger partial charge in [-0.15, -0.1) is 0 Å². The molecule has 3 saturated heterocycles. The van der Waals surface area contributed by atoms with Crippen LogP contribution in [-0.2, 0) is 33.2 Å². The van der Waals surface area contributed by atoms with Crippen LogP contribution >= 0.6 is 0 Å². The van der Waals surface area contributed by atoms with Gasteiger partial charge in [0.1, 0.15) is 73.2 Å². The zero-order valence-electron chi connectivity index (χ0n) is 54.7. The van der Waals surface area contributed by atoms with E-state index in [4.69, 9.17) is 28.4 Å². The van der Waals surface area contributed by atoms with E-state index in [2.05, 4.69) is 165 Å². The molecule has 3 aliphatic heterocycles. The summed E-state index contributed by atoms with van der Waals surface area (Å²) >= 11 is 0. The van der Waals surface area contributed by atoms with E-state index in [0.29, 0.717) is 12.8 Å². The van der Waals surface area contributed by atoms with Gasteiger partial charge in [-0.25, -0.2) is 0 Å². The maximum Gasteiger partial charge on any atom is 0.220 e. The summed E-state index contributed by atoms with van der Waals surface area (Å²) in [5.74, 6) is -0.328. The van der Waals surface area contributed by atoms with Crippen molar-refractivity contribution in [2.75, 3.05) is 26.4 Å². The number of aliphatic hydroxyl groups excluding tert-OH is 11. The number of amides is 1. The lowest BCUT2D eigenvalue weighted by molar-refractivity contribution is -0.379. The summed E-state index contributed by atoms with van der Waals surface area (Å²) in [7, 11) is 0. The summed E-state index contributed by atoms with van der Waals surface area (Å²) in [5.41, 5.74) is 0. The first-order valence-electron chi connectivity index (χ1n) is 33.7. The van der Waals surface area contributed by atoms with E-state index >= 15 is 0 Å². The Hall–Kier alpha value is -4.59. The molecule has 17 unspecified atom stereocenters. The normalized spacial score (nSPS) is 28.7. The maximum absolute atomic E-state index is 13.3. The first-order valence-corrected chi connectivity index (χ1v) is 33.7. The zero-order chi connectivity index (χ0) is 66.8. The zero-order valence-corrected chi connectivity index (χ0v) is 54.7. The fraction of sp³-hybridized carbons (Fsp3) is 0.630. The van der Waals surface area contributed by atoms with Crippen molar-refractivity contribution in [1.29, 1.82) is 0 Å². The second kappa shape index (κ2) is 52.7. The molecule has 0 spiro atoms. The monoisotopic (exact) mass is 1290 g/mol. The van der Waals surface area contributed by atoms with E-state index in [9.17, 15) is 61.0 Å². The van der Waals surface area contributed by atoms with Gasteiger partial charge in [0.05, 0.1) is 38.6 Å². The quantitative estimate of drug-likeness (QED) is 0.0201. The molecule has 3 heterocycles. The molecule has 3 aliphatic rings. The highest BCUT2D eigenvalue weighted by Gasteiger charge is 2.53. The highest BCUT2D eigenvalue weighted by Crippen LogP contribution is 2.33. The Morgan fingerprint density at radius 1 is 0.402 bits per heavy atom. The molecule has 12 N–H and O–H groups in total. The van der Waals surface area contributed by atoms with Crippen LogP contribution in [0.15, 0.2) is 158 Å². The molecule has 92 heavy (non-hydrogen) atoms. The van der Waals surface area contributed by atoms with Crippen LogP contribution in [-0.4, -0.2) is 193 Å². The molecule has 1 amide bonds. The number of carbonyl (C=O) groups excluding carboxylic acids is 1. The van der Waals surface area contributed by atoms with E-state index in [1.165, 1.54) is 19.3 Å². The summed E-state index contributed by atoms with van der Waals surface area (Å²) < 4.78 is 34.2. The van der Waals surface area contributed by atoms with Gasteiger partial charge >= 0.3 is 0 Å². The highest BCUT2D eigenvalue weighted by molar-refractivity contribution is 5.76. The highest BCUT2D eigenvalue weighted by atomic mass is 16.8. The Bertz CT molecular complexity index is 2280. The summed E-state index contributed by atoms with van der Waals surface area (Å²) in [6.45, 7) is 1.48. The number of nitrogens with one attached hydrogen (secondary N) is 1. The Morgan fingerprint density at radius 2 is 0.761 bits per heavy atom. The van der Waals surface area contributed by atoms with Gasteiger partial charge in [-0.1, -0.05) is 198 Å². The number of aliphatic hydroxyl groups is 11. The standard InChI is InChI=1S/C73H115NO18/c1-3-5-7-9-11-13-15-16-17-18-19-20-21-22-23-24-25-26-27-28-29-30-31-32-33-34-35-36-37-38-39-40-41-43-45-47-49-51-61(79)74-56(57(78)50-48-46-44-42-14-12-10-8-6-4-2)55-87-71-67(85)64(82)69(59(53-76)89-71)92-73-68(86)65(83)70(60(54-77)90-73)91-72-66(84)63(81)62(80)58(52-75)88-72/h5,7,11,13-14,16-17,19-20,22-23,25-26,28-29,31-32,34-35,37-38,40-42,48,50,56-60,62-73,75-78,80-86H,3-4,6,8-10,12,15,18,21,24,27,30,33,36,39,43-47,49,51-55H2,1-2H3,(H,74,79)/b7-5-,13-11-,17-16-,20-19-,23-22-,26-25-,29-28-,32-31-,35-34-,38-37-,41-40-,42-14+,50-48+. The number of hydrogen-bond acceptors (Lipinski definition) is 18. The van der Waals surface area contributed by atoms with E-state index in [1.54, 1.807) is 6.08 Å². The minimum atomic E-state index is -1.99. The van der Waals surface area contributed by atoms with Gasteiger partial charge in [0.25, 0.3) is 0 Å². The third kappa shape index (κ3) is 34.2. The number of ether oxygens (including phenoxy) is 6. The van der Waals surface area contributed by atoms with E-state index in [-0.39, 0.29) is 12.3 Å². The molecule has 0 aromatic rings. The third-order valence-corrected chi connectivity index (χ3v) is 15.6. The molecule has 0 aromatic heterocycles.